The summed E-state index contributed by atoms with van der Waals surface area (Å²) in [7, 11) is 0. The quantitative estimate of drug-likeness (QED) is 0.398. The van der Waals surface area contributed by atoms with Gasteiger partial charge in [0.2, 0.25) is 0 Å². The molecule has 34 heavy (non-hydrogen) atoms. The molecule has 1 N–H and O–H groups in total. The van der Waals surface area contributed by atoms with Crippen LogP contribution in [0, 0.1) is 5.92 Å². The van der Waals surface area contributed by atoms with Crippen molar-refractivity contribution in [3.8, 4) is 16.9 Å². The van der Waals surface area contributed by atoms with Crippen molar-refractivity contribution >= 4 is 5.97 Å². The molecule has 0 unspecified atom stereocenters. The van der Waals surface area contributed by atoms with E-state index >= 15 is 0 Å². The molecule has 0 amide bonds. The summed E-state index contributed by atoms with van der Waals surface area (Å²) in [4.78, 5) is 11.7. The smallest absolute Gasteiger partial charge is 0.422 e. The lowest BCUT2D eigenvalue weighted by atomic mass is 9.86. The van der Waals surface area contributed by atoms with Crippen LogP contribution in [0.5, 0.6) is 5.75 Å². The van der Waals surface area contributed by atoms with E-state index < -0.39 is 70.6 Å². The van der Waals surface area contributed by atoms with Gasteiger partial charge in [0.15, 0.2) is 6.61 Å². The van der Waals surface area contributed by atoms with Crippen molar-refractivity contribution < 1.29 is 54.2 Å². The first-order valence-corrected chi connectivity index (χ1v) is 9.75. The molecule has 2 rings (SSSR count). The zero-order chi connectivity index (χ0) is 26.1. The summed E-state index contributed by atoms with van der Waals surface area (Å²) in [5.41, 5.74) is -4.57. The molecule has 0 heterocycles. The van der Waals surface area contributed by atoms with Gasteiger partial charge in [-0.25, -0.2) is 0 Å². The normalized spacial score (nSPS) is 13.8. The van der Waals surface area contributed by atoms with Crippen LogP contribution in [0.3, 0.4) is 0 Å². The van der Waals surface area contributed by atoms with Crippen LogP contribution in [0.25, 0.3) is 11.1 Å². The highest BCUT2D eigenvalue weighted by Crippen LogP contribution is 2.45. The first-order chi connectivity index (χ1) is 15.4. The number of aliphatic carboxylic acids is 1. The molecule has 0 saturated carbocycles. The fourth-order valence-electron chi connectivity index (χ4n) is 3.31. The van der Waals surface area contributed by atoms with Crippen LogP contribution in [-0.4, -0.2) is 23.9 Å². The van der Waals surface area contributed by atoms with Gasteiger partial charge in [-0.3, -0.25) is 4.79 Å². The fraction of sp³-hybridized carbons (Fsp3) is 0.409. The van der Waals surface area contributed by atoms with E-state index in [4.69, 9.17) is 0 Å². The first kappa shape index (κ1) is 27.3. The summed E-state index contributed by atoms with van der Waals surface area (Å²) in [6.45, 7) is 1.22. The summed E-state index contributed by atoms with van der Waals surface area (Å²) in [5, 5.41) is 9.50. The van der Waals surface area contributed by atoms with Gasteiger partial charge in [-0.2, -0.15) is 39.5 Å². The van der Waals surface area contributed by atoms with Crippen LogP contribution >= 0.6 is 0 Å². The lowest BCUT2D eigenvalue weighted by molar-refractivity contribution is -0.153. The van der Waals surface area contributed by atoms with Crippen LogP contribution in [0.1, 0.15) is 42.9 Å². The number of ether oxygens (including phenoxy) is 1. The molecular formula is C22H19F9O3. The van der Waals surface area contributed by atoms with Crippen LogP contribution in [0.15, 0.2) is 36.4 Å². The van der Waals surface area contributed by atoms with Crippen LogP contribution in [0.2, 0.25) is 0 Å². The summed E-state index contributed by atoms with van der Waals surface area (Å²) in [5.74, 6) is -4.22. The minimum Gasteiger partial charge on any atom is -0.483 e. The average Bonchev–Trinajstić information content (AvgIpc) is 2.67. The Kier molecular flexibility index (Phi) is 7.84. The topological polar surface area (TPSA) is 46.5 Å². The number of benzene rings is 2. The number of hydrogen-bond acceptors (Lipinski definition) is 2. The molecular weight excluding hydrogens is 483 g/mol. The Morgan fingerprint density at radius 1 is 0.912 bits per heavy atom. The zero-order valence-electron chi connectivity index (χ0n) is 17.7. The van der Waals surface area contributed by atoms with Crippen molar-refractivity contribution in [2.75, 3.05) is 6.61 Å². The van der Waals surface area contributed by atoms with Crippen molar-refractivity contribution in [2.45, 2.75) is 44.7 Å². The molecule has 1 atom stereocenters. The summed E-state index contributed by atoms with van der Waals surface area (Å²) >= 11 is 0. The van der Waals surface area contributed by atoms with E-state index in [2.05, 4.69) is 4.74 Å². The van der Waals surface area contributed by atoms with E-state index in [1.165, 1.54) is 0 Å². The molecule has 0 aliphatic heterocycles. The summed E-state index contributed by atoms with van der Waals surface area (Å²) < 4.78 is 123. The molecule has 2 aromatic carbocycles. The maximum absolute atomic E-state index is 14.0. The third-order valence-corrected chi connectivity index (χ3v) is 4.73. The number of carboxylic acid groups (broad SMARTS) is 1. The molecule has 188 valence electrons. The lowest BCUT2D eigenvalue weighted by Crippen LogP contribution is -2.21. The number of carboxylic acids is 1. The van der Waals surface area contributed by atoms with Crippen LogP contribution in [-0.2, 0) is 17.1 Å². The molecule has 0 aliphatic rings. The molecule has 0 spiro atoms. The SMILES string of the molecule is CC(C)C[C@@H](C(=O)O)c1cc(OCC(F)(F)F)c(-c2ccc(C(F)(F)F)cc2)c(C(F)(F)F)c1. The number of alkyl halides is 9. The van der Waals surface area contributed by atoms with E-state index in [0.29, 0.717) is 30.3 Å². The van der Waals surface area contributed by atoms with Gasteiger partial charge in [-0.15, -0.1) is 0 Å². The third kappa shape index (κ3) is 7.04. The van der Waals surface area contributed by atoms with Crippen molar-refractivity contribution in [3.05, 3.63) is 53.1 Å². The average molecular weight is 502 g/mol. The molecule has 12 heteroatoms. The van der Waals surface area contributed by atoms with Crippen molar-refractivity contribution in [2.24, 2.45) is 5.92 Å². The number of hydrogen-bond donors (Lipinski definition) is 1. The second kappa shape index (κ2) is 9.75. The first-order valence-electron chi connectivity index (χ1n) is 9.75. The Balaban J connectivity index is 2.81. The number of rotatable bonds is 7. The third-order valence-electron chi connectivity index (χ3n) is 4.73. The lowest BCUT2D eigenvalue weighted by Gasteiger charge is -2.23. The van der Waals surface area contributed by atoms with Crippen LogP contribution in [0.4, 0.5) is 39.5 Å². The van der Waals surface area contributed by atoms with E-state index in [1.807, 2.05) is 0 Å². The van der Waals surface area contributed by atoms with Gasteiger partial charge in [0.05, 0.1) is 17.0 Å². The maximum Gasteiger partial charge on any atom is 0.422 e. The minimum atomic E-state index is -5.19. The number of halogens is 9. The van der Waals surface area contributed by atoms with Gasteiger partial charge in [0.25, 0.3) is 0 Å². The second-order valence-corrected chi connectivity index (χ2v) is 7.94. The zero-order valence-corrected chi connectivity index (χ0v) is 17.7. The Bertz CT molecular complexity index is 1000. The molecule has 2 aromatic rings. The molecule has 0 aliphatic carbocycles. The van der Waals surface area contributed by atoms with Crippen molar-refractivity contribution in [1.29, 1.82) is 0 Å². The highest BCUT2D eigenvalue weighted by molar-refractivity contribution is 5.80. The van der Waals surface area contributed by atoms with Crippen molar-refractivity contribution in [1.82, 2.24) is 0 Å². The maximum atomic E-state index is 14.0. The van der Waals surface area contributed by atoms with Crippen molar-refractivity contribution in [3.63, 3.8) is 0 Å². The predicted molar refractivity (Wildman–Crippen MR) is 103 cm³/mol. The van der Waals surface area contributed by atoms with Gasteiger partial charge >= 0.3 is 24.5 Å². The van der Waals surface area contributed by atoms with E-state index in [-0.39, 0.29) is 12.3 Å². The fourth-order valence-corrected chi connectivity index (χ4v) is 3.31. The van der Waals surface area contributed by atoms with Gasteiger partial charge in [-0.1, -0.05) is 26.0 Å². The minimum absolute atomic E-state index is 0.120. The number of carbonyl (C=O) groups is 1. The monoisotopic (exact) mass is 502 g/mol. The molecule has 0 fully saturated rings. The molecule has 0 radical (unpaired) electrons. The Labute approximate surface area is 188 Å². The van der Waals surface area contributed by atoms with Gasteiger partial charge in [0.1, 0.15) is 5.75 Å². The molecule has 0 aromatic heterocycles. The Morgan fingerprint density at radius 2 is 1.47 bits per heavy atom. The second-order valence-electron chi connectivity index (χ2n) is 7.94. The standard InChI is InChI=1S/C22H19F9O3/c1-11(2)7-15(19(32)33)13-8-16(22(29,30)31)18(17(9-13)34-10-20(23,24)25)12-3-5-14(6-4-12)21(26,27)28/h3-6,8-9,11,15H,7,10H2,1-2H3,(H,32,33)/t15-/m1/s1. The highest BCUT2D eigenvalue weighted by atomic mass is 19.4. The van der Waals surface area contributed by atoms with E-state index in [0.717, 1.165) is 6.07 Å². The van der Waals surface area contributed by atoms with Gasteiger partial charge in [-0.05, 0) is 47.7 Å². The van der Waals surface area contributed by atoms with Crippen LogP contribution < -0.4 is 4.74 Å². The largest absolute Gasteiger partial charge is 0.483 e. The predicted octanol–water partition coefficient (Wildman–Crippen LogP) is 7.55. The van der Waals surface area contributed by atoms with E-state index in [9.17, 15) is 49.4 Å². The molecule has 0 bridgehead atoms. The highest BCUT2D eigenvalue weighted by Gasteiger charge is 2.39. The Hall–Kier alpha value is -2.92. The summed E-state index contributed by atoms with van der Waals surface area (Å²) in [6.07, 6.45) is -15.1. The Morgan fingerprint density at radius 3 is 1.88 bits per heavy atom. The van der Waals surface area contributed by atoms with Gasteiger partial charge in [0, 0.05) is 5.56 Å². The summed E-state index contributed by atoms with van der Waals surface area (Å²) in [6, 6.07) is 3.56. The molecule has 0 saturated heterocycles. The van der Waals surface area contributed by atoms with Gasteiger partial charge < -0.3 is 9.84 Å². The molecule has 3 nitrogen and oxygen atoms in total. The van der Waals surface area contributed by atoms with E-state index in [1.54, 1.807) is 13.8 Å².